The van der Waals surface area contributed by atoms with Crippen LogP contribution in [0.4, 0.5) is 19.0 Å². The molecule has 2 heterocycles. The first-order valence-electron chi connectivity index (χ1n) is 7.47. The molecule has 0 aliphatic rings. The highest BCUT2D eigenvalue weighted by atomic mass is 32.1. The van der Waals surface area contributed by atoms with Gasteiger partial charge < -0.3 is 5.73 Å². The summed E-state index contributed by atoms with van der Waals surface area (Å²) in [5, 5.41) is 2.45. The minimum atomic E-state index is -4.70. The first-order chi connectivity index (χ1) is 12.8. The number of nitrogens with zero attached hydrogens (tertiary/aromatic N) is 2. The molecule has 1 aromatic carbocycles. The fraction of sp³-hybridized carbons (Fsp3) is 0.0588. The average molecular weight is 392 g/mol. The van der Waals surface area contributed by atoms with Crippen LogP contribution in [0.3, 0.4) is 0 Å². The molecule has 0 saturated carbocycles. The van der Waals surface area contributed by atoms with Crippen molar-refractivity contribution in [3.05, 3.63) is 64.8 Å². The molecule has 6 nitrogen and oxygen atoms in total. The molecule has 27 heavy (non-hydrogen) atoms. The number of rotatable bonds is 3. The number of thiazole rings is 1. The van der Waals surface area contributed by atoms with E-state index in [1.807, 2.05) is 11.4 Å². The van der Waals surface area contributed by atoms with Crippen LogP contribution in [0.1, 0.15) is 25.9 Å². The largest absolute Gasteiger partial charge is 0.433 e. The van der Waals surface area contributed by atoms with Gasteiger partial charge in [0, 0.05) is 5.56 Å². The predicted octanol–water partition coefficient (Wildman–Crippen LogP) is 3.38. The van der Waals surface area contributed by atoms with Crippen molar-refractivity contribution >= 4 is 29.0 Å². The van der Waals surface area contributed by atoms with Crippen molar-refractivity contribution in [2.75, 3.05) is 5.73 Å². The number of nitrogens with one attached hydrogen (secondary N) is 1. The van der Waals surface area contributed by atoms with Gasteiger partial charge in [0.05, 0.1) is 0 Å². The molecule has 2 aromatic heterocycles. The summed E-state index contributed by atoms with van der Waals surface area (Å²) in [7, 11) is 0. The number of anilines is 1. The van der Waals surface area contributed by atoms with E-state index in [-0.39, 0.29) is 10.7 Å². The molecule has 0 spiro atoms. The Kier molecular flexibility index (Phi) is 4.91. The van der Waals surface area contributed by atoms with Crippen LogP contribution in [0.5, 0.6) is 0 Å². The normalized spacial score (nSPS) is 11.2. The molecule has 0 saturated heterocycles. The van der Waals surface area contributed by atoms with E-state index in [9.17, 15) is 22.8 Å². The number of carbonyl (C=O) groups excluding carboxylic acids is 2. The Balaban J connectivity index is 1.80. The lowest BCUT2D eigenvalue weighted by atomic mass is 10.2. The third-order valence-electron chi connectivity index (χ3n) is 3.38. The molecule has 0 radical (unpaired) electrons. The Bertz CT molecular complexity index is 1000. The van der Waals surface area contributed by atoms with Gasteiger partial charge in [0.25, 0.3) is 11.8 Å². The van der Waals surface area contributed by atoms with Crippen LogP contribution >= 0.6 is 11.3 Å². The summed E-state index contributed by atoms with van der Waals surface area (Å²) in [6.45, 7) is 0. The van der Waals surface area contributed by atoms with E-state index >= 15 is 0 Å². The Hall–Kier alpha value is -3.27. The van der Waals surface area contributed by atoms with E-state index in [4.69, 9.17) is 5.73 Å². The molecule has 3 aromatic rings. The molecule has 2 amide bonds. The van der Waals surface area contributed by atoms with Crippen molar-refractivity contribution in [3.63, 3.8) is 0 Å². The maximum atomic E-state index is 12.7. The minimum Gasteiger partial charge on any atom is -0.382 e. The number of alkyl halides is 3. The van der Waals surface area contributed by atoms with Crippen LogP contribution in [0.15, 0.2) is 48.5 Å². The van der Waals surface area contributed by atoms with Crippen molar-refractivity contribution < 1.29 is 22.8 Å². The molecule has 0 aliphatic carbocycles. The zero-order valence-electron chi connectivity index (χ0n) is 13.4. The summed E-state index contributed by atoms with van der Waals surface area (Å²) in [5.74, 6) is -2.02. The first-order valence-corrected chi connectivity index (χ1v) is 8.29. The van der Waals surface area contributed by atoms with Crippen LogP contribution < -0.4 is 11.1 Å². The number of nitrogen functional groups attached to an aromatic ring is 1. The highest BCUT2D eigenvalue weighted by Gasteiger charge is 2.33. The third-order valence-corrected chi connectivity index (χ3v) is 4.50. The Morgan fingerprint density at radius 2 is 1.67 bits per heavy atom. The van der Waals surface area contributed by atoms with Crippen molar-refractivity contribution in [2.45, 2.75) is 6.18 Å². The highest BCUT2D eigenvalue weighted by Crippen LogP contribution is 2.30. The molecular weight excluding hydrogens is 381 g/mol. The lowest BCUT2D eigenvalue weighted by molar-refractivity contribution is -0.141. The predicted molar refractivity (Wildman–Crippen MR) is 93.0 cm³/mol. The van der Waals surface area contributed by atoms with Gasteiger partial charge in [-0.2, -0.15) is 13.2 Å². The second-order valence-corrected chi connectivity index (χ2v) is 6.29. The first kappa shape index (κ1) is 18.5. The van der Waals surface area contributed by atoms with E-state index < -0.39 is 29.4 Å². The van der Waals surface area contributed by atoms with Gasteiger partial charge in [0.1, 0.15) is 27.1 Å². The van der Waals surface area contributed by atoms with Crippen molar-refractivity contribution in [1.82, 2.24) is 15.3 Å². The van der Waals surface area contributed by atoms with Gasteiger partial charge in [-0.3, -0.25) is 14.9 Å². The smallest absolute Gasteiger partial charge is 0.382 e. The SMILES string of the molecule is Nc1nc(-c2ccccc2)sc1C(=O)NC(=O)c1cccc(C(F)(F)F)n1. The molecule has 3 N–H and O–H groups in total. The van der Waals surface area contributed by atoms with E-state index in [0.29, 0.717) is 5.01 Å². The number of pyridine rings is 1. The number of carbonyl (C=O) groups is 2. The lowest BCUT2D eigenvalue weighted by Crippen LogP contribution is -2.31. The summed E-state index contributed by atoms with van der Waals surface area (Å²) in [5.41, 5.74) is 4.71. The molecule has 0 bridgehead atoms. The van der Waals surface area contributed by atoms with Crippen LogP contribution in [0.2, 0.25) is 0 Å². The topological polar surface area (TPSA) is 98.0 Å². The maximum Gasteiger partial charge on any atom is 0.433 e. The monoisotopic (exact) mass is 392 g/mol. The number of nitrogens with two attached hydrogens (primary N) is 1. The Labute approximate surface area is 154 Å². The van der Waals surface area contributed by atoms with Crippen LogP contribution in [0, 0.1) is 0 Å². The second kappa shape index (κ2) is 7.16. The summed E-state index contributed by atoms with van der Waals surface area (Å²) in [6, 6.07) is 11.8. The van der Waals surface area contributed by atoms with E-state index in [0.717, 1.165) is 35.1 Å². The molecule has 138 valence electrons. The van der Waals surface area contributed by atoms with Crippen LogP contribution in [0.25, 0.3) is 10.6 Å². The van der Waals surface area contributed by atoms with E-state index in [1.165, 1.54) is 0 Å². The van der Waals surface area contributed by atoms with Crippen molar-refractivity contribution in [1.29, 1.82) is 0 Å². The van der Waals surface area contributed by atoms with Crippen LogP contribution in [-0.2, 0) is 6.18 Å². The lowest BCUT2D eigenvalue weighted by Gasteiger charge is -2.07. The number of aromatic nitrogens is 2. The standard InChI is InChI=1S/C17H11F3N4O2S/c18-17(19,20)11-8-4-7-10(22-11)14(25)24-15(26)12-13(21)23-16(27-12)9-5-2-1-3-6-9/h1-8H,21H2,(H,24,25,26). The van der Waals surface area contributed by atoms with E-state index in [1.54, 1.807) is 24.3 Å². The minimum absolute atomic E-state index is 0.0193. The molecule has 3 rings (SSSR count). The second-order valence-electron chi connectivity index (χ2n) is 5.29. The summed E-state index contributed by atoms with van der Waals surface area (Å²) in [4.78, 5) is 31.7. The van der Waals surface area contributed by atoms with Gasteiger partial charge in [0.2, 0.25) is 0 Å². The van der Waals surface area contributed by atoms with Gasteiger partial charge in [0.15, 0.2) is 0 Å². The number of amides is 2. The fourth-order valence-electron chi connectivity index (χ4n) is 2.14. The zero-order valence-corrected chi connectivity index (χ0v) is 14.3. The molecule has 0 fully saturated rings. The molecule has 10 heteroatoms. The Morgan fingerprint density at radius 1 is 0.963 bits per heavy atom. The average Bonchev–Trinajstić information content (AvgIpc) is 3.04. The quantitative estimate of drug-likeness (QED) is 0.666. The van der Waals surface area contributed by atoms with Gasteiger partial charge in [-0.25, -0.2) is 9.97 Å². The van der Waals surface area contributed by atoms with Gasteiger partial charge in [-0.15, -0.1) is 11.3 Å². The van der Waals surface area contributed by atoms with Crippen molar-refractivity contribution in [2.24, 2.45) is 0 Å². The molecule has 0 unspecified atom stereocenters. The van der Waals surface area contributed by atoms with Crippen molar-refractivity contribution in [3.8, 4) is 10.6 Å². The van der Waals surface area contributed by atoms with Gasteiger partial charge >= 0.3 is 6.18 Å². The van der Waals surface area contributed by atoms with E-state index in [2.05, 4.69) is 9.97 Å². The molecule has 0 aliphatic heterocycles. The number of imide groups is 1. The number of hydrogen-bond donors (Lipinski definition) is 2. The molecule has 0 atom stereocenters. The van der Waals surface area contributed by atoms with Gasteiger partial charge in [-0.05, 0) is 12.1 Å². The summed E-state index contributed by atoms with van der Waals surface area (Å²) in [6.07, 6.45) is -4.70. The summed E-state index contributed by atoms with van der Waals surface area (Å²) >= 11 is 0.965. The maximum absolute atomic E-state index is 12.7. The Morgan fingerprint density at radius 3 is 2.33 bits per heavy atom. The van der Waals surface area contributed by atoms with Gasteiger partial charge in [-0.1, -0.05) is 36.4 Å². The van der Waals surface area contributed by atoms with Crippen LogP contribution in [-0.4, -0.2) is 21.8 Å². The zero-order chi connectivity index (χ0) is 19.6. The summed E-state index contributed by atoms with van der Waals surface area (Å²) < 4.78 is 38.1. The number of halogens is 3. The molecular formula is C17H11F3N4O2S. The third kappa shape index (κ3) is 4.11. The highest BCUT2D eigenvalue weighted by molar-refractivity contribution is 7.17. The number of hydrogen-bond acceptors (Lipinski definition) is 6. The fourth-order valence-corrected chi connectivity index (χ4v) is 3.03. The number of benzene rings is 1.